The molecule has 0 saturated carbocycles. The summed E-state index contributed by atoms with van der Waals surface area (Å²) in [5.41, 5.74) is 11.1. The van der Waals surface area contributed by atoms with Crippen LogP contribution in [0.2, 0.25) is 0 Å². The van der Waals surface area contributed by atoms with Crippen LogP contribution in [0.15, 0.2) is 157 Å². The van der Waals surface area contributed by atoms with Gasteiger partial charge >= 0.3 is 0 Å². The van der Waals surface area contributed by atoms with Gasteiger partial charge in [0.2, 0.25) is 0 Å². The summed E-state index contributed by atoms with van der Waals surface area (Å²) in [6.45, 7) is 15.0. The Balaban J connectivity index is 1.38. The lowest BCUT2D eigenvalue weighted by atomic mass is 9.79. The molecule has 0 radical (unpaired) electrons. The summed E-state index contributed by atoms with van der Waals surface area (Å²) in [7, 11) is 2.10. The Hall–Kier alpha value is -4.89. The van der Waals surface area contributed by atoms with E-state index in [1.54, 1.807) is 0 Å². The van der Waals surface area contributed by atoms with Gasteiger partial charge in [0, 0.05) is 36.3 Å². The predicted molar refractivity (Wildman–Crippen MR) is 187 cm³/mol. The fourth-order valence-corrected chi connectivity index (χ4v) is 5.94. The van der Waals surface area contributed by atoms with E-state index in [0.29, 0.717) is 0 Å². The summed E-state index contributed by atoms with van der Waals surface area (Å²) in [5.74, 6) is 0.265. The van der Waals surface area contributed by atoms with Crippen molar-refractivity contribution in [3.05, 3.63) is 163 Å². The zero-order valence-electron chi connectivity index (χ0n) is 25.3. The highest BCUT2D eigenvalue weighted by molar-refractivity contribution is 6.10. The molecule has 5 rings (SSSR count). The second-order valence-electron chi connectivity index (χ2n) is 11.1. The molecule has 0 aromatic heterocycles. The Morgan fingerprint density at radius 1 is 0.884 bits per heavy atom. The maximum Gasteiger partial charge on any atom is 0.0647 e. The Labute approximate surface area is 257 Å². The van der Waals surface area contributed by atoms with Crippen molar-refractivity contribution in [2.24, 2.45) is 4.99 Å². The van der Waals surface area contributed by atoms with Crippen molar-refractivity contribution in [2.75, 3.05) is 17.3 Å². The van der Waals surface area contributed by atoms with E-state index in [0.717, 1.165) is 53.3 Å². The van der Waals surface area contributed by atoms with Crippen molar-refractivity contribution in [3.8, 4) is 11.1 Å². The summed E-state index contributed by atoms with van der Waals surface area (Å²) in [5, 5.41) is 3.67. The van der Waals surface area contributed by atoms with E-state index in [9.17, 15) is 0 Å². The van der Waals surface area contributed by atoms with Gasteiger partial charge in [-0.25, -0.2) is 0 Å². The van der Waals surface area contributed by atoms with Gasteiger partial charge in [0.05, 0.1) is 23.1 Å². The minimum absolute atomic E-state index is 0.0546. The van der Waals surface area contributed by atoms with Crippen molar-refractivity contribution in [3.63, 3.8) is 0 Å². The first-order chi connectivity index (χ1) is 21.0. The Morgan fingerprint density at radius 2 is 1.60 bits per heavy atom. The van der Waals surface area contributed by atoms with E-state index in [1.165, 1.54) is 22.3 Å². The van der Waals surface area contributed by atoms with Crippen molar-refractivity contribution in [1.29, 1.82) is 0 Å². The van der Waals surface area contributed by atoms with Gasteiger partial charge in [0.25, 0.3) is 0 Å². The monoisotopic (exact) mass is 563 g/mol. The van der Waals surface area contributed by atoms with Gasteiger partial charge in [-0.05, 0) is 66.8 Å². The van der Waals surface area contributed by atoms with Crippen molar-refractivity contribution >= 4 is 22.8 Å². The summed E-state index contributed by atoms with van der Waals surface area (Å²) >= 11 is 0. The van der Waals surface area contributed by atoms with Gasteiger partial charge in [-0.1, -0.05) is 116 Å². The zero-order chi connectivity index (χ0) is 30.2. The number of para-hydroxylation sites is 2. The van der Waals surface area contributed by atoms with Crippen LogP contribution < -0.4 is 10.2 Å². The highest BCUT2D eigenvalue weighted by atomic mass is 15.1. The van der Waals surface area contributed by atoms with Crippen LogP contribution in [0.3, 0.4) is 0 Å². The zero-order valence-corrected chi connectivity index (χ0v) is 25.3. The molecule has 1 aliphatic rings. The number of hydrogen-bond donors (Lipinski definition) is 1. The molecule has 43 heavy (non-hydrogen) atoms. The summed E-state index contributed by atoms with van der Waals surface area (Å²) < 4.78 is 0. The van der Waals surface area contributed by atoms with E-state index in [2.05, 4.69) is 146 Å². The molecule has 1 heterocycles. The number of hydrogen-bond acceptors (Lipinski definition) is 3. The lowest BCUT2D eigenvalue weighted by Crippen LogP contribution is -2.29. The number of benzene rings is 4. The molecule has 0 spiro atoms. The topological polar surface area (TPSA) is 27.6 Å². The second-order valence-corrected chi connectivity index (χ2v) is 11.1. The number of fused-ring (bicyclic) bond motifs is 1. The Morgan fingerprint density at radius 3 is 2.40 bits per heavy atom. The summed E-state index contributed by atoms with van der Waals surface area (Å²) in [4.78, 5) is 7.44. The van der Waals surface area contributed by atoms with E-state index in [1.807, 2.05) is 19.1 Å². The SMILES string of the molecule is C=CC1=NC(CC(=C)N(C)c2ccccc2Nc2cccc(-c3ccccc3)c2)C(CCC(=C)/C=C\C)c2ccccc21. The van der Waals surface area contributed by atoms with E-state index in [-0.39, 0.29) is 12.0 Å². The van der Waals surface area contributed by atoms with Crippen LogP contribution in [0.25, 0.3) is 11.1 Å². The van der Waals surface area contributed by atoms with Crippen molar-refractivity contribution in [2.45, 2.75) is 38.1 Å². The molecule has 2 unspecified atom stereocenters. The van der Waals surface area contributed by atoms with Gasteiger partial charge in [0.15, 0.2) is 0 Å². The quantitative estimate of drug-likeness (QED) is 0.174. The third kappa shape index (κ3) is 6.95. The van der Waals surface area contributed by atoms with Crippen molar-refractivity contribution < 1.29 is 0 Å². The van der Waals surface area contributed by atoms with Crippen LogP contribution in [0.5, 0.6) is 0 Å². The van der Waals surface area contributed by atoms with Gasteiger partial charge in [-0.3, -0.25) is 4.99 Å². The molecular formula is C40H41N3. The largest absolute Gasteiger partial charge is 0.354 e. The molecule has 1 aliphatic heterocycles. The molecule has 4 aromatic rings. The van der Waals surface area contributed by atoms with E-state index in [4.69, 9.17) is 4.99 Å². The Bertz CT molecular complexity index is 1660. The maximum absolute atomic E-state index is 5.24. The highest BCUT2D eigenvalue weighted by Crippen LogP contribution is 2.39. The van der Waals surface area contributed by atoms with Crippen LogP contribution >= 0.6 is 0 Å². The van der Waals surface area contributed by atoms with Gasteiger partial charge in [0.1, 0.15) is 0 Å². The number of rotatable bonds is 12. The Kier molecular flexibility index (Phi) is 9.53. The molecule has 0 fully saturated rings. The predicted octanol–water partition coefficient (Wildman–Crippen LogP) is 10.5. The average molecular weight is 564 g/mol. The fraction of sp³-hybridized carbons (Fsp3) is 0.175. The van der Waals surface area contributed by atoms with Crippen LogP contribution in [0.1, 0.15) is 43.2 Å². The molecule has 3 nitrogen and oxygen atoms in total. The standard InChI is InChI=1S/C40H41N3/c1-6-16-29(3)25-26-36-34-21-11-12-22-35(34)37(7-2)42-39(36)27-30(4)43(5)40-24-14-13-23-38(40)41-33-20-15-19-32(28-33)31-17-9-8-10-18-31/h6-24,28,36,39,41H,2-4,25-27H2,1,5H3/b16-6-. The molecule has 4 aromatic carbocycles. The van der Waals surface area contributed by atoms with Gasteiger partial charge in [-0.2, -0.15) is 0 Å². The lowest BCUT2D eigenvalue weighted by Gasteiger charge is -2.34. The maximum atomic E-state index is 5.24. The number of nitrogens with zero attached hydrogens (tertiary/aromatic N) is 2. The minimum Gasteiger partial charge on any atom is -0.354 e. The highest BCUT2D eigenvalue weighted by Gasteiger charge is 2.31. The first-order valence-corrected chi connectivity index (χ1v) is 15.0. The van der Waals surface area contributed by atoms with Crippen LogP contribution in [0, 0.1) is 0 Å². The normalized spacial score (nSPS) is 15.8. The number of allylic oxidation sites excluding steroid dienone is 4. The van der Waals surface area contributed by atoms with Crippen molar-refractivity contribution in [1.82, 2.24) is 0 Å². The first kappa shape index (κ1) is 29.6. The van der Waals surface area contributed by atoms with Crippen LogP contribution in [-0.4, -0.2) is 18.8 Å². The number of aliphatic imine (C=N–C) groups is 1. The van der Waals surface area contributed by atoms with Crippen LogP contribution in [0.4, 0.5) is 17.1 Å². The molecule has 3 heteroatoms. The van der Waals surface area contributed by atoms with Gasteiger partial charge in [-0.15, -0.1) is 0 Å². The molecule has 0 bridgehead atoms. The average Bonchev–Trinajstić information content (AvgIpc) is 3.04. The lowest BCUT2D eigenvalue weighted by molar-refractivity contribution is 0.490. The fourth-order valence-electron chi connectivity index (χ4n) is 5.94. The van der Waals surface area contributed by atoms with Gasteiger partial charge < -0.3 is 10.2 Å². The minimum atomic E-state index is 0.0546. The number of anilines is 3. The third-order valence-corrected chi connectivity index (χ3v) is 8.21. The smallest absolute Gasteiger partial charge is 0.0647 e. The summed E-state index contributed by atoms with van der Waals surface area (Å²) in [6, 6.07) is 36.1. The first-order valence-electron chi connectivity index (χ1n) is 15.0. The number of nitrogens with one attached hydrogen (secondary N) is 1. The van der Waals surface area contributed by atoms with Crippen LogP contribution in [-0.2, 0) is 0 Å². The summed E-state index contributed by atoms with van der Waals surface area (Å²) in [6.07, 6.45) is 8.69. The third-order valence-electron chi connectivity index (χ3n) is 8.21. The molecule has 1 N–H and O–H groups in total. The van der Waals surface area contributed by atoms with E-state index < -0.39 is 0 Å². The molecule has 0 saturated heterocycles. The molecule has 216 valence electrons. The molecular weight excluding hydrogens is 522 g/mol. The van der Waals surface area contributed by atoms with E-state index >= 15 is 0 Å². The second kappa shape index (κ2) is 13.8. The molecule has 0 aliphatic carbocycles. The molecule has 0 amide bonds. The molecule has 2 atom stereocenters.